The fraction of sp³-hybridized carbons (Fsp3) is 0.421. The number of fused-ring (bicyclic) bond motifs is 6. The van der Waals surface area contributed by atoms with Crippen LogP contribution < -0.4 is 0 Å². The summed E-state index contributed by atoms with van der Waals surface area (Å²) >= 11 is 7.84. The number of rotatable bonds is 16. The summed E-state index contributed by atoms with van der Waals surface area (Å²) in [6.07, 6.45) is 23.5. The van der Waals surface area contributed by atoms with Gasteiger partial charge in [0.05, 0.1) is 0 Å². The number of aryl methyl sites for hydroxylation is 2. The summed E-state index contributed by atoms with van der Waals surface area (Å²) in [4.78, 5) is 5.80. The van der Waals surface area contributed by atoms with Crippen molar-refractivity contribution in [1.29, 1.82) is 0 Å². The molecule has 0 saturated carbocycles. The van der Waals surface area contributed by atoms with Gasteiger partial charge < -0.3 is 0 Å². The Bertz CT molecular complexity index is 1640. The molecule has 0 radical (unpaired) electrons. The predicted octanol–water partition coefficient (Wildman–Crippen LogP) is 14.5. The van der Waals surface area contributed by atoms with Crippen LogP contribution in [0.5, 0.6) is 0 Å². The number of benzene rings is 2. The van der Waals surface area contributed by atoms with Gasteiger partial charge in [0, 0.05) is 59.9 Å². The fourth-order valence-corrected chi connectivity index (χ4v) is 10.3. The van der Waals surface area contributed by atoms with Crippen molar-refractivity contribution in [3.63, 3.8) is 0 Å². The number of thiophene rings is 4. The second-order valence-corrected chi connectivity index (χ2v) is 16.4. The largest absolute Gasteiger partial charge is 0.140 e. The van der Waals surface area contributed by atoms with Crippen molar-refractivity contribution in [2.24, 2.45) is 0 Å². The number of hydrogen-bond donors (Lipinski definition) is 0. The Morgan fingerprint density at radius 1 is 0.429 bits per heavy atom. The van der Waals surface area contributed by atoms with Crippen LogP contribution in [0, 0.1) is 0 Å². The quantitative estimate of drug-likeness (QED) is 0.0935. The molecule has 4 heteroatoms. The fourth-order valence-electron chi connectivity index (χ4n) is 6.14. The topological polar surface area (TPSA) is 0 Å². The maximum Gasteiger partial charge on any atom is 0.0356 e. The van der Waals surface area contributed by atoms with E-state index in [9.17, 15) is 0 Å². The van der Waals surface area contributed by atoms with E-state index in [4.69, 9.17) is 0 Å². The van der Waals surface area contributed by atoms with Gasteiger partial charge in [-0.05, 0) is 86.4 Å². The first-order chi connectivity index (χ1) is 20.7. The third-order valence-corrected chi connectivity index (χ3v) is 13.0. The van der Waals surface area contributed by atoms with Crippen LogP contribution in [0.4, 0.5) is 0 Å². The van der Waals surface area contributed by atoms with Crippen LogP contribution in [0.25, 0.3) is 52.5 Å². The third kappa shape index (κ3) is 7.21. The van der Waals surface area contributed by atoms with Gasteiger partial charge >= 0.3 is 0 Å². The van der Waals surface area contributed by atoms with Crippen LogP contribution >= 0.6 is 45.3 Å². The Hall–Kier alpha value is -1.98. The van der Waals surface area contributed by atoms with Gasteiger partial charge in [0.25, 0.3) is 0 Å². The van der Waals surface area contributed by atoms with E-state index in [-0.39, 0.29) is 0 Å². The van der Waals surface area contributed by atoms with Gasteiger partial charge in [0.1, 0.15) is 0 Å². The van der Waals surface area contributed by atoms with Crippen LogP contribution in [-0.4, -0.2) is 0 Å². The maximum atomic E-state index is 2.48. The van der Waals surface area contributed by atoms with Crippen molar-refractivity contribution in [1.82, 2.24) is 0 Å². The minimum absolute atomic E-state index is 1.23. The molecule has 0 atom stereocenters. The molecule has 0 spiro atoms. The standard InChI is InChI=1S/C38H44S4/c1-3-5-7-9-11-13-15-27-23-31-33-25-29(41-37(33)21-19-35(31)39-27)17-18-30-26-34-32-24-28(16-14-12-10-8-6-4-2)40-36(32)20-22-38(34)42-30/h17-26H,3-16H2,1-2H3/b18-17+. The molecule has 4 aromatic heterocycles. The summed E-state index contributed by atoms with van der Waals surface area (Å²) in [7, 11) is 0. The van der Waals surface area contributed by atoms with E-state index in [0.717, 1.165) is 0 Å². The monoisotopic (exact) mass is 628 g/mol. The molecule has 2 aromatic carbocycles. The van der Waals surface area contributed by atoms with Crippen molar-refractivity contribution in [2.45, 2.75) is 104 Å². The second-order valence-electron chi connectivity index (χ2n) is 11.9. The summed E-state index contributed by atoms with van der Waals surface area (Å²) in [6.45, 7) is 4.59. The first-order valence-electron chi connectivity index (χ1n) is 16.3. The van der Waals surface area contributed by atoms with Crippen molar-refractivity contribution in [3.8, 4) is 0 Å². The highest BCUT2D eigenvalue weighted by molar-refractivity contribution is 7.22. The average molecular weight is 629 g/mol. The maximum absolute atomic E-state index is 2.48. The van der Waals surface area contributed by atoms with Crippen molar-refractivity contribution >= 4 is 97.8 Å². The molecule has 0 N–H and O–H groups in total. The molecule has 0 aliphatic carbocycles. The lowest BCUT2D eigenvalue weighted by Gasteiger charge is -1.98. The number of unbranched alkanes of at least 4 members (excludes halogenated alkanes) is 10. The Kier molecular flexibility index (Phi) is 10.5. The molecule has 0 amide bonds. The lowest BCUT2D eigenvalue weighted by molar-refractivity contribution is 0.609. The van der Waals surface area contributed by atoms with E-state index >= 15 is 0 Å². The van der Waals surface area contributed by atoms with Crippen molar-refractivity contribution in [3.05, 3.63) is 68.0 Å². The summed E-state index contributed by atoms with van der Waals surface area (Å²) in [6, 6.07) is 19.1. The van der Waals surface area contributed by atoms with Gasteiger partial charge in [-0.25, -0.2) is 0 Å². The van der Waals surface area contributed by atoms with Crippen molar-refractivity contribution < 1.29 is 0 Å². The molecule has 0 saturated heterocycles. The van der Waals surface area contributed by atoms with E-state index in [2.05, 4.69) is 74.5 Å². The lowest BCUT2D eigenvalue weighted by Crippen LogP contribution is -1.82. The highest BCUT2D eigenvalue weighted by Crippen LogP contribution is 2.39. The van der Waals surface area contributed by atoms with Crippen LogP contribution in [0.1, 0.15) is 110 Å². The molecule has 4 heterocycles. The van der Waals surface area contributed by atoms with E-state index in [1.807, 2.05) is 45.3 Å². The highest BCUT2D eigenvalue weighted by Gasteiger charge is 2.11. The zero-order chi connectivity index (χ0) is 28.7. The minimum atomic E-state index is 1.23. The van der Waals surface area contributed by atoms with Gasteiger partial charge in [-0.3, -0.25) is 0 Å². The van der Waals surface area contributed by atoms with Crippen molar-refractivity contribution in [2.75, 3.05) is 0 Å². The lowest BCUT2D eigenvalue weighted by atomic mass is 10.1. The van der Waals surface area contributed by atoms with E-state index in [1.165, 1.54) is 140 Å². The summed E-state index contributed by atoms with van der Waals surface area (Å²) in [5, 5.41) is 5.76. The summed E-state index contributed by atoms with van der Waals surface area (Å²) in [5.74, 6) is 0. The highest BCUT2D eigenvalue weighted by atomic mass is 32.1. The average Bonchev–Trinajstić information content (AvgIpc) is 3.78. The molecule has 0 aliphatic heterocycles. The Balaban J connectivity index is 1.14. The van der Waals surface area contributed by atoms with Gasteiger partial charge in [-0.2, -0.15) is 0 Å². The molecule has 0 unspecified atom stereocenters. The molecule has 6 rings (SSSR count). The normalized spacial score (nSPS) is 12.3. The van der Waals surface area contributed by atoms with E-state index < -0.39 is 0 Å². The third-order valence-electron chi connectivity index (χ3n) is 8.50. The Morgan fingerprint density at radius 3 is 1.21 bits per heavy atom. The summed E-state index contributed by atoms with van der Waals surface area (Å²) < 4.78 is 5.69. The zero-order valence-corrected chi connectivity index (χ0v) is 28.6. The SMILES string of the molecule is CCCCCCCCc1cc2c(ccc3sc(/C=C/c4cc5c(ccc6sc(CCCCCCCC)cc65)s4)cc32)s1. The first kappa shape index (κ1) is 30.1. The molecule has 6 aromatic rings. The zero-order valence-electron chi connectivity index (χ0n) is 25.3. The van der Waals surface area contributed by atoms with Gasteiger partial charge in [-0.15, -0.1) is 45.3 Å². The first-order valence-corrected chi connectivity index (χ1v) is 19.6. The predicted molar refractivity (Wildman–Crippen MR) is 198 cm³/mol. The molecule has 220 valence electrons. The molecule has 42 heavy (non-hydrogen) atoms. The Labute approximate surface area is 268 Å². The molecule has 0 aliphatic rings. The number of hydrogen-bond acceptors (Lipinski definition) is 4. The van der Waals surface area contributed by atoms with Gasteiger partial charge in [-0.1, -0.05) is 78.1 Å². The molecular weight excluding hydrogens is 585 g/mol. The second kappa shape index (κ2) is 14.7. The minimum Gasteiger partial charge on any atom is -0.140 e. The Morgan fingerprint density at radius 2 is 0.786 bits per heavy atom. The molecule has 0 fully saturated rings. The smallest absolute Gasteiger partial charge is 0.0356 e. The van der Waals surface area contributed by atoms with Crippen LogP contribution in [-0.2, 0) is 12.8 Å². The summed E-state index contributed by atoms with van der Waals surface area (Å²) in [5.41, 5.74) is 0. The van der Waals surface area contributed by atoms with E-state index in [0.29, 0.717) is 0 Å². The van der Waals surface area contributed by atoms with E-state index in [1.54, 1.807) is 9.75 Å². The van der Waals surface area contributed by atoms with Crippen LogP contribution in [0.2, 0.25) is 0 Å². The van der Waals surface area contributed by atoms with Crippen LogP contribution in [0.3, 0.4) is 0 Å². The van der Waals surface area contributed by atoms with Gasteiger partial charge in [0.15, 0.2) is 0 Å². The molecule has 0 bridgehead atoms. The van der Waals surface area contributed by atoms with Crippen LogP contribution in [0.15, 0.2) is 48.5 Å². The molecule has 0 nitrogen and oxygen atoms in total. The molecular formula is C38H44S4. The van der Waals surface area contributed by atoms with Gasteiger partial charge in [0.2, 0.25) is 0 Å².